The Labute approximate surface area is 99.6 Å². The molecule has 1 aliphatic heterocycles. The molecule has 1 aromatic rings. The summed E-state index contributed by atoms with van der Waals surface area (Å²) in [6, 6.07) is 3.11. The van der Waals surface area contributed by atoms with E-state index in [9.17, 15) is 4.79 Å². The quantitative estimate of drug-likeness (QED) is 0.790. The van der Waals surface area contributed by atoms with E-state index in [4.69, 9.17) is 10.5 Å². The van der Waals surface area contributed by atoms with E-state index < -0.39 is 0 Å². The van der Waals surface area contributed by atoms with Crippen LogP contribution in [0, 0.1) is 0 Å². The average Bonchev–Trinajstić information content (AvgIpc) is 2.38. The summed E-state index contributed by atoms with van der Waals surface area (Å²) in [6.45, 7) is 1.30. The van der Waals surface area contributed by atoms with Crippen LogP contribution in [0.25, 0.3) is 0 Å². The molecule has 0 radical (unpaired) electrons. The molecule has 6 heteroatoms. The summed E-state index contributed by atoms with van der Waals surface area (Å²) >= 11 is 0. The number of anilines is 1. The molecule has 2 heterocycles. The Bertz CT molecular complexity index is 374. The van der Waals surface area contributed by atoms with Crippen molar-refractivity contribution in [1.29, 1.82) is 0 Å². The zero-order valence-corrected chi connectivity index (χ0v) is 9.56. The molecule has 0 bridgehead atoms. The van der Waals surface area contributed by atoms with Gasteiger partial charge in [-0.15, -0.1) is 10.2 Å². The zero-order chi connectivity index (χ0) is 12.1. The van der Waals surface area contributed by atoms with E-state index in [0.717, 1.165) is 25.9 Å². The van der Waals surface area contributed by atoms with Crippen LogP contribution in [0.5, 0.6) is 0 Å². The van der Waals surface area contributed by atoms with Gasteiger partial charge < -0.3 is 15.8 Å². The van der Waals surface area contributed by atoms with Gasteiger partial charge in [-0.1, -0.05) is 0 Å². The number of amides is 1. The van der Waals surface area contributed by atoms with E-state index >= 15 is 0 Å². The van der Waals surface area contributed by atoms with Crippen molar-refractivity contribution < 1.29 is 9.53 Å². The summed E-state index contributed by atoms with van der Waals surface area (Å²) in [5, 5.41) is 10.1. The second kappa shape index (κ2) is 5.58. The fourth-order valence-corrected chi connectivity index (χ4v) is 1.73. The Morgan fingerprint density at radius 2 is 2.35 bits per heavy atom. The number of carbonyl (C=O) groups is 1. The first-order valence-corrected chi connectivity index (χ1v) is 5.75. The predicted octanol–water partition coefficient (Wildman–Crippen LogP) is 0.358. The van der Waals surface area contributed by atoms with Crippen LogP contribution >= 0.6 is 0 Å². The van der Waals surface area contributed by atoms with Crippen molar-refractivity contribution in [2.24, 2.45) is 0 Å². The number of nitrogens with two attached hydrogens (primary N) is 1. The minimum atomic E-state index is -0.244. The maximum atomic E-state index is 11.7. The van der Waals surface area contributed by atoms with Gasteiger partial charge in [0.2, 0.25) is 0 Å². The van der Waals surface area contributed by atoms with E-state index in [-0.39, 0.29) is 17.7 Å². The number of nitrogens with one attached hydrogen (secondary N) is 1. The highest BCUT2D eigenvalue weighted by Crippen LogP contribution is 2.11. The molecule has 6 nitrogen and oxygen atoms in total. The monoisotopic (exact) mass is 236 g/mol. The molecular formula is C11H16N4O2. The van der Waals surface area contributed by atoms with Crippen LogP contribution in [-0.4, -0.2) is 35.4 Å². The zero-order valence-electron chi connectivity index (χ0n) is 9.56. The van der Waals surface area contributed by atoms with Crippen molar-refractivity contribution in [2.75, 3.05) is 18.9 Å². The number of aromatic nitrogens is 2. The Morgan fingerprint density at radius 3 is 3.00 bits per heavy atom. The average molecular weight is 236 g/mol. The van der Waals surface area contributed by atoms with Crippen molar-refractivity contribution >= 4 is 11.7 Å². The van der Waals surface area contributed by atoms with E-state index in [2.05, 4.69) is 15.5 Å². The molecule has 0 aromatic carbocycles. The molecule has 3 N–H and O–H groups in total. The van der Waals surface area contributed by atoms with Gasteiger partial charge in [0.25, 0.3) is 5.91 Å². The highest BCUT2D eigenvalue weighted by Gasteiger charge is 2.15. The third-order valence-corrected chi connectivity index (χ3v) is 2.68. The van der Waals surface area contributed by atoms with Crippen LogP contribution in [0.2, 0.25) is 0 Å². The van der Waals surface area contributed by atoms with Crippen molar-refractivity contribution in [2.45, 2.75) is 25.4 Å². The number of hydrogen-bond donors (Lipinski definition) is 2. The maximum Gasteiger partial charge on any atom is 0.271 e. The van der Waals surface area contributed by atoms with Crippen molar-refractivity contribution in [1.82, 2.24) is 15.5 Å². The van der Waals surface area contributed by atoms with Gasteiger partial charge in [-0.05, 0) is 31.4 Å². The van der Waals surface area contributed by atoms with Crippen LogP contribution < -0.4 is 11.1 Å². The topological polar surface area (TPSA) is 90.1 Å². The van der Waals surface area contributed by atoms with E-state index in [1.54, 1.807) is 12.1 Å². The SMILES string of the molecule is Nc1ccc(C(=O)NCC2CCCCO2)nn1. The fraction of sp³-hybridized carbons (Fsp3) is 0.545. The predicted molar refractivity (Wildman–Crippen MR) is 62.4 cm³/mol. The Hall–Kier alpha value is -1.69. The van der Waals surface area contributed by atoms with Crippen LogP contribution in [0.3, 0.4) is 0 Å². The minimum absolute atomic E-state index is 0.120. The van der Waals surface area contributed by atoms with Crippen molar-refractivity contribution in [3.8, 4) is 0 Å². The largest absolute Gasteiger partial charge is 0.382 e. The third kappa shape index (κ3) is 3.39. The molecule has 0 saturated carbocycles. The number of nitrogen functional groups attached to an aromatic ring is 1. The highest BCUT2D eigenvalue weighted by molar-refractivity contribution is 5.92. The molecule has 0 spiro atoms. The highest BCUT2D eigenvalue weighted by atomic mass is 16.5. The lowest BCUT2D eigenvalue weighted by molar-refractivity contribution is 0.0168. The van der Waals surface area contributed by atoms with Gasteiger partial charge in [0, 0.05) is 13.2 Å². The third-order valence-electron chi connectivity index (χ3n) is 2.68. The lowest BCUT2D eigenvalue weighted by Gasteiger charge is -2.22. The van der Waals surface area contributed by atoms with Gasteiger partial charge in [0.15, 0.2) is 5.69 Å². The molecule has 1 amide bonds. The number of carbonyl (C=O) groups excluding carboxylic acids is 1. The summed E-state index contributed by atoms with van der Waals surface area (Å²) in [7, 11) is 0. The van der Waals surface area contributed by atoms with Gasteiger partial charge >= 0.3 is 0 Å². The van der Waals surface area contributed by atoms with Crippen molar-refractivity contribution in [3.63, 3.8) is 0 Å². The molecular weight excluding hydrogens is 220 g/mol. The Morgan fingerprint density at radius 1 is 1.47 bits per heavy atom. The number of rotatable bonds is 3. The number of ether oxygens (including phenoxy) is 1. The van der Waals surface area contributed by atoms with Gasteiger partial charge in [-0.2, -0.15) is 0 Å². The van der Waals surface area contributed by atoms with Crippen LogP contribution in [-0.2, 0) is 4.74 Å². The first kappa shape index (κ1) is 11.8. The Kier molecular flexibility index (Phi) is 3.87. The van der Waals surface area contributed by atoms with Gasteiger partial charge in [-0.25, -0.2) is 0 Å². The summed E-state index contributed by atoms with van der Waals surface area (Å²) in [4.78, 5) is 11.7. The second-order valence-corrected chi connectivity index (χ2v) is 4.04. The molecule has 92 valence electrons. The molecule has 1 aliphatic rings. The first-order chi connectivity index (χ1) is 8.25. The second-order valence-electron chi connectivity index (χ2n) is 4.04. The lowest BCUT2D eigenvalue weighted by Crippen LogP contribution is -2.35. The fourth-order valence-electron chi connectivity index (χ4n) is 1.73. The smallest absolute Gasteiger partial charge is 0.271 e. The summed E-state index contributed by atoms with van der Waals surface area (Å²) in [5.74, 6) is 0.0591. The van der Waals surface area contributed by atoms with Gasteiger partial charge in [0.05, 0.1) is 6.10 Å². The molecule has 1 aromatic heterocycles. The van der Waals surface area contributed by atoms with Crippen LogP contribution in [0.4, 0.5) is 5.82 Å². The summed E-state index contributed by atoms with van der Waals surface area (Å²) in [5.41, 5.74) is 5.67. The molecule has 1 atom stereocenters. The molecule has 1 unspecified atom stereocenters. The number of hydrogen-bond acceptors (Lipinski definition) is 5. The summed E-state index contributed by atoms with van der Waals surface area (Å²) in [6.07, 6.45) is 3.37. The first-order valence-electron chi connectivity index (χ1n) is 5.75. The summed E-state index contributed by atoms with van der Waals surface area (Å²) < 4.78 is 5.51. The van der Waals surface area contributed by atoms with Crippen LogP contribution in [0.15, 0.2) is 12.1 Å². The van der Waals surface area contributed by atoms with Gasteiger partial charge in [-0.3, -0.25) is 4.79 Å². The van der Waals surface area contributed by atoms with Gasteiger partial charge in [0.1, 0.15) is 5.82 Å². The van der Waals surface area contributed by atoms with Crippen molar-refractivity contribution in [3.05, 3.63) is 17.8 Å². The van der Waals surface area contributed by atoms with E-state index in [1.807, 2.05) is 0 Å². The normalized spacial score (nSPS) is 19.9. The molecule has 1 saturated heterocycles. The molecule has 2 rings (SSSR count). The molecule has 17 heavy (non-hydrogen) atoms. The van der Waals surface area contributed by atoms with E-state index in [0.29, 0.717) is 12.4 Å². The minimum Gasteiger partial charge on any atom is -0.382 e. The standard InChI is InChI=1S/C11H16N4O2/c12-10-5-4-9(14-15-10)11(16)13-7-8-3-1-2-6-17-8/h4-5,8H,1-3,6-7H2,(H2,12,15)(H,13,16). The molecule has 1 fully saturated rings. The number of nitrogens with zero attached hydrogens (tertiary/aromatic N) is 2. The Balaban J connectivity index is 1.82. The molecule has 0 aliphatic carbocycles. The maximum absolute atomic E-state index is 11.7. The van der Waals surface area contributed by atoms with E-state index in [1.165, 1.54) is 0 Å². The lowest BCUT2D eigenvalue weighted by atomic mass is 10.1. The van der Waals surface area contributed by atoms with Crippen LogP contribution in [0.1, 0.15) is 29.8 Å².